The van der Waals surface area contributed by atoms with Gasteiger partial charge in [0, 0.05) is 13.5 Å². The van der Waals surface area contributed by atoms with Crippen molar-refractivity contribution in [3.63, 3.8) is 0 Å². The van der Waals surface area contributed by atoms with Crippen LogP contribution in [0, 0.1) is 0 Å². The molecule has 104 valence electrons. The zero-order valence-corrected chi connectivity index (χ0v) is 11.8. The van der Waals surface area contributed by atoms with Gasteiger partial charge < -0.3 is 15.8 Å². The molecule has 0 aromatic heterocycles. The Balaban J connectivity index is 2.52. The maximum absolute atomic E-state index is 11.7. The topological polar surface area (TPSA) is 81.4 Å². The van der Waals surface area contributed by atoms with Gasteiger partial charge in [0.15, 0.2) is 0 Å². The Bertz CT molecular complexity index is 469. The SMILES string of the molecule is CNC(=O)CCCOC(=O)c1cc(N)c(Cl)c(Cl)c1. The number of carbonyl (C=O) groups excluding carboxylic acids is 2. The summed E-state index contributed by atoms with van der Waals surface area (Å²) in [6, 6.07) is 2.79. The lowest BCUT2D eigenvalue weighted by molar-refractivity contribution is -0.120. The number of nitrogen functional groups attached to an aromatic ring is 1. The summed E-state index contributed by atoms with van der Waals surface area (Å²) < 4.78 is 5.00. The van der Waals surface area contributed by atoms with Crippen LogP contribution in [0.15, 0.2) is 12.1 Å². The van der Waals surface area contributed by atoms with Crippen LogP contribution in [-0.4, -0.2) is 25.5 Å². The first-order valence-electron chi connectivity index (χ1n) is 5.58. The molecule has 0 saturated carbocycles. The summed E-state index contributed by atoms with van der Waals surface area (Å²) in [5.41, 5.74) is 6.04. The smallest absolute Gasteiger partial charge is 0.338 e. The van der Waals surface area contributed by atoms with Gasteiger partial charge in [-0.3, -0.25) is 4.79 Å². The van der Waals surface area contributed by atoms with Crippen LogP contribution in [0.4, 0.5) is 5.69 Å². The quantitative estimate of drug-likeness (QED) is 0.497. The number of rotatable bonds is 5. The van der Waals surface area contributed by atoms with Gasteiger partial charge in [-0.1, -0.05) is 23.2 Å². The lowest BCUT2D eigenvalue weighted by atomic mass is 10.2. The van der Waals surface area contributed by atoms with Crippen molar-refractivity contribution < 1.29 is 14.3 Å². The number of anilines is 1. The zero-order valence-electron chi connectivity index (χ0n) is 10.3. The van der Waals surface area contributed by atoms with Gasteiger partial charge in [0.1, 0.15) is 0 Å². The van der Waals surface area contributed by atoms with Gasteiger partial charge in [-0.15, -0.1) is 0 Å². The molecule has 0 bridgehead atoms. The minimum absolute atomic E-state index is 0.102. The second-order valence-corrected chi connectivity index (χ2v) is 4.56. The molecule has 1 aromatic carbocycles. The third-order valence-corrected chi connectivity index (χ3v) is 3.17. The summed E-state index contributed by atoms with van der Waals surface area (Å²) >= 11 is 11.6. The van der Waals surface area contributed by atoms with Crippen molar-refractivity contribution in [1.29, 1.82) is 0 Å². The highest BCUT2D eigenvalue weighted by molar-refractivity contribution is 6.43. The van der Waals surface area contributed by atoms with Crippen molar-refractivity contribution in [3.8, 4) is 0 Å². The largest absolute Gasteiger partial charge is 0.462 e. The molecule has 0 radical (unpaired) electrons. The molecule has 5 nitrogen and oxygen atoms in total. The Morgan fingerprint density at radius 1 is 1.37 bits per heavy atom. The van der Waals surface area contributed by atoms with Crippen LogP contribution < -0.4 is 11.1 Å². The fraction of sp³-hybridized carbons (Fsp3) is 0.333. The Kier molecular flexibility index (Phi) is 5.92. The van der Waals surface area contributed by atoms with E-state index < -0.39 is 5.97 Å². The molecule has 0 fully saturated rings. The first kappa shape index (κ1) is 15.6. The van der Waals surface area contributed by atoms with Gasteiger partial charge in [-0.25, -0.2) is 4.79 Å². The zero-order chi connectivity index (χ0) is 14.4. The third kappa shape index (κ3) is 4.61. The Hall–Kier alpha value is -1.46. The Morgan fingerprint density at radius 3 is 2.63 bits per heavy atom. The predicted octanol–water partition coefficient (Wildman–Crippen LogP) is 2.26. The second kappa shape index (κ2) is 7.21. The maximum atomic E-state index is 11.7. The molecule has 1 rings (SSSR count). The molecule has 1 aromatic rings. The number of ether oxygens (including phenoxy) is 1. The molecule has 0 aliphatic heterocycles. The lowest BCUT2D eigenvalue weighted by Gasteiger charge is -2.07. The van der Waals surface area contributed by atoms with Crippen molar-refractivity contribution in [1.82, 2.24) is 5.32 Å². The molecule has 0 unspecified atom stereocenters. The van der Waals surface area contributed by atoms with E-state index in [9.17, 15) is 9.59 Å². The Morgan fingerprint density at radius 2 is 2.05 bits per heavy atom. The molecule has 0 atom stereocenters. The number of benzene rings is 1. The van der Waals surface area contributed by atoms with Gasteiger partial charge in [0.2, 0.25) is 5.91 Å². The number of nitrogens with one attached hydrogen (secondary N) is 1. The second-order valence-electron chi connectivity index (χ2n) is 3.77. The van der Waals surface area contributed by atoms with Crippen LogP contribution in [0.3, 0.4) is 0 Å². The van der Waals surface area contributed by atoms with Crippen molar-refractivity contribution in [2.24, 2.45) is 0 Å². The molecule has 0 aliphatic carbocycles. The van der Waals surface area contributed by atoms with E-state index in [1.807, 2.05) is 0 Å². The van der Waals surface area contributed by atoms with Crippen molar-refractivity contribution >= 4 is 40.8 Å². The predicted molar refractivity (Wildman–Crippen MR) is 74.5 cm³/mol. The number of halogens is 2. The Labute approximate surface area is 121 Å². The molecule has 7 heteroatoms. The van der Waals surface area contributed by atoms with Crippen molar-refractivity contribution in [2.75, 3.05) is 19.4 Å². The van der Waals surface area contributed by atoms with E-state index in [4.69, 9.17) is 33.7 Å². The van der Waals surface area contributed by atoms with Crippen LogP contribution in [0.2, 0.25) is 10.0 Å². The number of hydrogen-bond acceptors (Lipinski definition) is 4. The van der Waals surface area contributed by atoms with Gasteiger partial charge >= 0.3 is 5.97 Å². The van der Waals surface area contributed by atoms with Crippen molar-refractivity contribution in [2.45, 2.75) is 12.8 Å². The normalized spacial score (nSPS) is 10.1. The lowest BCUT2D eigenvalue weighted by Crippen LogP contribution is -2.18. The molecule has 0 spiro atoms. The fourth-order valence-electron chi connectivity index (χ4n) is 1.33. The third-order valence-electron chi connectivity index (χ3n) is 2.35. The summed E-state index contributed by atoms with van der Waals surface area (Å²) in [6.07, 6.45) is 0.746. The number of amides is 1. The molecule has 3 N–H and O–H groups in total. The summed E-state index contributed by atoms with van der Waals surface area (Å²) in [7, 11) is 1.55. The van der Waals surface area contributed by atoms with E-state index in [0.29, 0.717) is 12.8 Å². The van der Waals surface area contributed by atoms with E-state index in [0.717, 1.165) is 0 Å². The first-order valence-corrected chi connectivity index (χ1v) is 6.33. The monoisotopic (exact) mass is 304 g/mol. The van der Waals surface area contributed by atoms with Crippen LogP contribution in [0.5, 0.6) is 0 Å². The summed E-state index contributed by atoms with van der Waals surface area (Å²) in [6.45, 7) is 0.145. The van der Waals surface area contributed by atoms with Gasteiger partial charge in [-0.05, 0) is 18.6 Å². The van der Waals surface area contributed by atoms with Gasteiger partial charge in [-0.2, -0.15) is 0 Å². The van der Waals surface area contributed by atoms with Gasteiger partial charge in [0.05, 0.1) is 27.9 Å². The molecular weight excluding hydrogens is 291 g/mol. The highest BCUT2D eigenvalue weighted by Gasteiger charge is 2.12. The summed E-state index contributed by atoms with van der Waals surface area (Å²) in [4.78, 5) is 22.6. The van der Waals surface area contributed by atoms with Crippen molar-refractivity contribution in [3.05, 3.63) is 27.7 Å². The molecular formula is C12H14Cl2N2O3. The number of carbonyl (C=O) groups is 2. The number of esters is 1. The van der Waals surface area contributed by atoms with E-state index in [2.05, 4.69) is 5.32 Å². The van der Waals surface area contributed by atoms with E-state index >= 15 is 0 Å². The van der Waals surface area contributed by atoms with Crippen LogP contribution >= 0.6 is 23.2 Å². The molecule has 0 heterocycles. The van der Waals surface area contributed by atoms with E-state index in [1.165, 1.54) is 12.1 Å². The van der Waals surface area contributed by atoms with Crippen LogP contribution in [0.25, 0.3) is 0 Å². The molecule has 0 aliphatic rings. The highest BCUT2D eigenvalue weighted by atomic mass is 35.5. The molecule has 1 amide bonds. The fourth-order valence-corrected chi connectivity index (χ4v) is 1.67. The first-order chi connectivity index (χ1) is 8.95. The number of hydrogen-bond donors (Lipinski definition) is 2. The van der Waals surface area contributed by atoms with E-state index in [1.54, 1.807) is 7.05 Å². The average Bonchev–Trinajstić information content (AvgIpc) is 2.39. The minimum Gasteiger partial charge on any atom is -0.462 e. The van der Waals surface area contributed by atoms with E-state index in [-0.39, 0.29) is 33.8 Å². The number of nitrogens with two attached hydrogens (primary N) is 1. The van der Waals surface area contributed by atoms with Crippen LogP contribution in [-0.2, 0) is 9.53 Å². The van der Waals surface area contributed by atoms with Crippen LogP contribution in [0.1, 0.15) is 23.2 Å². The molecule has 19 heavy (non-hydrogen) atoms. The van der Waals surface area contributed by atoms with Gasteiger partial charge in [0.25, 0.3) is 0 Å². The molecule has 0 saturated heterocycles. The minimum atomic E-state index is -0.554. The maximum Gasteiger partial charge on any atom is 0.338 e. The summed E-state index contributed by atoms with van der Waals surface area (Å²) in [5.74, 6) is -0.656. The summed E-state index contributed by atoms with van der Waals surface area (Å²) in [5, 5.41) is 2.88. The standard InChI is InChI=1S/C12H14Cl2N2O3/c1-16-10(17)3-2-4-19-12(18)7-5-8(13)11(14)9(15)6-7/h5-6H,2-4,15H2,1H3,(H,16,17). The average molecular weight is 305 g/mol. The highest BCUT2D eigenvalue weighted by Crippen LogP contribution is 2.29.